The first-order chi connectivity index (χ1) is 10.6. The van der Waals surface area contributed by atoms with Crippen LogP contribution in [-0.4, -0.2) is 21.8 Å². The lowest BCUT2D eigenvalue weighted by molar-refractivity contribution is -0.126. The van der Waals surface area contributed by atoms with Gasteiger partial charge >= 0.3 is 0 Å². The minimum absolute atomic E-state index is 0.136. The minimum Gasteiger partial charge on any atom is -0.400 e. The zero-order valence-electron chi connectivity index (χ0n) is 13.6. The molecule has 1 aromatic heterocycles. The Balaban J connectivity index is 0.00000116. The van der Waals surface area contributed by atoms with E-state index in [9.17, 15) is 9.59 Å². The van der Waals surface area contributed by atoms with Crippen molar-refractivity contribution in [1.82, 2.24) is 9.78 Å². The third kappa shape index (κ3) is 3.61. The molecule has 0 unspecified atom stereocenters. The molecule has 1 aromatic carbocycles. The van der Waals surface area contributed by atoms with Gasteiger partial charge in [0.2, 0.25) is 5.78 Å². The van der Waals surface area contributed by atoms with Gasteiger partial charge in [0.25, 0.3) is 0 Å². The average molecular weight is 301 g/mol. The molecule has 0 spiro atoms. The molecule has 0 amide bonds. The molecular formula is C17H23N3O2. The van der Waals surface area contributed by atoms with E-state index in [4.69, 9.17) is 5.73 Å². The molecule has 0 atom stereocenters. The van der Waals surface area contributed by atoms with Crippen LogP contribution in [-0.2, 0) is 16.0 Å². The number of nitrogens with two attached hydrogens (primary N) is 1. The van der Waals surface area contributed by atoms with Crippen molar-refractivity contribution < 1.29 is 9.59 Å². The van der Waals surface area contributed by atoms with Crippen LogP contribution in [0.15, 0.2) is 30.1 Å². The number of hydrogen-bond donors (Lipinski definition) is 1. The Morgan fingerprint density at radius 3 is 2.55 bits per heavy atom. The van der Waals surface area contributed by atoms with Crippen LogP contribution in [0.5, 0.6) is 0 Å². The largest absolute Gasteiger partial charge is 0.400 e. The third-order valence-corrected chi connectivity index (χ3v) is 3.23. The van der Waals surface area contributed by atoms with Gasteiger partial charge in [-0.05, 0) is 24.5 Å². The van der Waals surface area contributed by atoms with E-state index in [1.54, 1.807) is 6.20 Å². The SMILES string of the molecule is CC.CC/C(N)=C(\C(=O)C=O)n1cc2ccc(CC)cc2n1. The summed E-state index contributed by atoms with van der Waals surface area (Å²) in [6.07, 6.45) is 3.37. The van der Waals surface area contributed by atoms with Gasteiger partial charge in [-0.15, -0.1) is 0 Å². The number of fused-ring (bicyclic) bond motifs is 1. The molecule has 0 saturated carbocycles. The second-order valence-electron chi connectivity index (χ2n) is 4.53. The minimum atomic E-state index is -0.659. The molecule has 22 heavy (non-hydrogen) atoms. The maximum absolute atomic E-state index is 11.7. The van der Waals surface area contributed by atoms with Crippen LogP contribution in [0.4, 0.5) is 0 Å². The van der Waals surface area contributed by atoms with E-state index in [1.165, 1.54) is 10.2 Å². The van der Waals surface area contributed by atoms with Crippen LogP contribution in [0.1, 0.15) is 39.7 Å². The molecule has 0 fully saturated rings. The number of carbonyl (C=O) groups is 2. The highest BCUT2D eigenvalue weighted by atomic mass is 16.2. The number of ketones is 1. The van der Waals surface area contributed by atoms with E-state index in [2.05, 4.69) is 12.0 Å². The summed E-state index contributed by atoms with van der Waals surface area (Å²) in [6, 6.07) is 5.93. The van der Waals surface area contributed by atoms with Crippen molar-refractivity contribution in [1.29, 1.82) is 0 Å². The smallest absolute Gasteiger partial charge is 0.245 e. The molecule has 2 N–H and O–H groups in total. The van der Waals surface area contributed by atoms with Gasteiger partial charge < -0.3 is 5.73 Å². The van der Waals surface area contributed by atoms with Crippen LogP contribution >= 0.6 is 0 Å². The lowest BCUT2D eigenvalue weighted by atomic mass is 10.1. The molecule has 1 heterocycles. The number of Topliss-reactive ketones (excluding diaryl/α,β-unsaturated/α-hetero) is 1. The number of aryl methyl sites for hydroxylation is 1. The fourth-order valence-electron chi connectivity index (χ4n) is 2.04. The van der Waals surface area contributed by atoms with Gasteiger partial charge in [0.15, 0.2) is 6.29 Å². The molecule has 0 aliphatic heterocycles. The number of hydrogen-bond acceptors (Lipinski definition) is 4. The number of aldehydes is 1. The van der Waals surface area contributed by atoms with Gasteiger partial charge in [-0.3, -0.25) is 9.59 Å². The predicted octanol–water partition coefficient (Wildman–Crippen LogP) is 2.93. The summed E-state index contributed by atoms with van der Waals surface area (Å²) in [5, 5.41) is 5.26. The van der Waals surface area contributed by atoms with Crippen molar-refractivity contribution >= 4 is 28.7 Å². The number of nitrogens with zero attached hydrogens (tertiary/aromatic N) is 2. The van der Waals surface area contributed by atoms with E-state index < -0.39 is 5.78 Å². The lowest BCUT2D eigenvalue weighted by Gasteiger charge is -2.06. The van der Waals surface area contributed by atoms with Gasteiger partial charge in [-0.25, -0.2) is 4.68 Å². The summed E-state index contributed by atoms with van der Waals surface area (Å²) in [5.74, 6) is -0.659. The second kappa shape index (κ2) is 8.12. The quantitative estimate of drug-likeness (QED) is 0.523. The number of allylic oxidation sites excluding steroid dienone is 2. The van der Waals surface area contributed by atoms with E-state index in [0.29, 0.717) is 12.1 Å². The summed E-state index contributed by atoms with van der Waals surface area (Å²) in [5.41, 5.74) is 8.28. The van der Waals surface area contributed by atoms with E-state index in [-0.39, 0.29) is 12.0 Å². The predicted molar refractivity (Wildman–Crippen MR) is 89.2 cm³/mol. The Bertz CT molecular complexity index is 699. The van der Waals surface area contributed by atoms with Crippen molar-refractivity contribution in [2.45, 2.75) is 40.5 Å². The molecule has 0 aliphatic carbocycles. The van der Waals surface area contributed by atoms with Gasteiger partial charge in [0.1, 0.15) is 5.70 Å². The Morgan fingerprint density at radius 1 is 1.32 bits per heavy atom. The molecule has 2 aromatic rings. The number of rotatable bonds is 5. The molecule has 2 rings (SSSR count). The standard InChI is InChI=1S/C15H17N3O2.C2H6/c1-3-10-5-6-11-8-18(17-13(11)7-10)15(12(16)4-2)14(20)9-19;1-2/h5-9H,3-4,16H2,1-2H3;1-2H3/b15-12-;. The highest BCUT2D eigenvalue weighted by Crippen LogP contribution is 2.19. The number of carbonyl (C=O) groups excluding carboxylic acids is 2. The second-order valence-corrected chi connectivity index (χ2v) is 4.53. The van der Waals surface area contributed by atoms with Crippen molar-refractivity contribution in [3.05, 3.63) is 35.7 Å². The number of benzene rings is 1. The molecule has 0 radical (unpaired) electrons. The summed E-state index contributed by atoms with van der Waals surface area (Å²) in [7, 11) is 0. The first kappa shape index (κ1) is 17.6. The van der Waals surface area contributed by atoms with Crippen LogP contribution in [0.25, 0.3) is 16.6 Å². The zero-order chi connectivity index (χ0) is 16.7. The van der Waals surface area contributed by atoms with Crippen LogP contribution in [0.2, 0.25) is 0 Å². The van der Waals surface area contributed by atoms with Crippen molar-refractivity contribution in [3.63, 3.8) is 0 Å². The van der Waals surface area contributed by atoms with Crippen molar-refractivity contribution in [2.24, 2.45) is 5.73 Å². The summed E-state index contributed by atoms with van der Waals surface area (Å²) < 4.78 is 1.40. The molecule has 0 saturated heterocycles. The molecule has 0 aliphatic rings. The molecular weight excluding hydrogens is 278 g/mol. The normalized spacial score (nSPS) is 11.5. The molecule has 118 valence electrons. The van der Waals surface area contributed by atoms with E-state index in [0.717, 1.165) is 17.3 Å². The van der Waals surface area contributed by atoms with Gasteiger partial charge in [-0.2, -0.15) is 5.10 Å². The zero-order valence-corrected chi connectivity index (χ0v) is 13.6. The van der Waals surface area contributed by atoms with Gasteiger partial charge in [0.05, 0.1) is 5.52 Å². The van der Waals surface area contributed by atoms with Crippen molar-refractivity contribution in [3.8, 4) is 0 Å². The highest BCUT2D eigenvalue weighted by molar-refractivity contribution is 6.43. The van der Waals surface area contributed by atoms with Gasteiger partial charge in [0, 0.05) is 17.3 Å². The Hall–Kier alpha value is -2.43. The lowest BCUT2D eigenvalue weighted by Crippen LogP contribution is -2.16. The summed E-state index contributed by atoms with van der Waals surface area (Å²) >= 11 is 0. The average Bonchev–Trinajstić information content (AvgIpc) is 2.98. The topological polar surface area (TPSA) is 78.0 Å². The Kier molecular flexibility index (Phi) is 6.50. The maximum atomic E-state index is 11.7. The Labute approximate surface area is 130 Å². The summed E-state index contributed by atoms with van der Waals surface area (Å²) in [6.45, 7) is 7.89. The monoisotopic (exact) mass is 301 g/mol. The van der Waals surface area contributed by atoms with E-state index in [1.807, 2.05) is 39.0 Å². The first-order valence-corrected chi connectivity index (χ1v) is 7.57. The highest BCUT2D eigenvalue weighted by Gasteiger charge is 2.16. The van der Waals surface area contributed by atoms with Crippen LogP contribution < -0.4 is 5.73 Å². The molecule has 5 nitrogen and oxygen atoms in total. The fourth-order valence-corrected chi connectivity index (χ4v) is 2.04. The third-order valence-electron chi connectivity index (χ3n) is 3.23. The Morgan fingerprint density at radius 2 is 2.00 bits per heavy atom. The van der Waals surface area contributed by atoms with Crippen molar-refractivity contribution in [2.75, 3.05) is 0 Å². The van der Waals surface area contributed by atoms with Crippen LogP contribution in [0, 0.1) is 0 Å². The molecule has 5 heteroatoms. The maximum Gasteiger partial charge on any atom is 0.245 e. The first-order valence-electron chi connectivity index (χ1n) is 7.57. The fraction of sp³-hybridized carbons (Fsp3) is 0.353. The molecule has 0 bridgehead atoms. The van der Waals surface area contributed by atoms with E-state index >= 15 is 0 Å². The van der Waals surface area contributed by atoms with Gasteiger partial charge in [-0.1, -0.05) is 39.8 Å². The number of aromatic nitrogens is 2. The summed E-state index contributed by atoms with van der Waals surface area (Å²) in [4.78, 5) is 22.5. The van der Waals surface area contributed by atoms with Crippen LogP contribution in [0.3, 0.4) is 0 Å².